The molecule has 3 heteroatoms. The molecule has 2 aromatic rings. The van der Waals surface area contributed by atoms with Crippen LogP contribution in [0.15, 0.2) is 45.3 Å². The van der Waals surface area contributed by atoms with Crippen molar-refractivity contribution in [3.63, 3.8) is 0 Å². The molecule has 1 aromatic carbocycles. The average molecular weight is 242 g/mol. The number of rotatable bonds is 3. The smallest absolute Gasteiger partial charge is 0.203 e. The molecule has 2 rings (SSSR count). The molecule has 0 atom stereocenters. The highest BCUT2D eigenvalue weighted by molar-refractivity contribution is 5.84. The lowest BCUT2D eigenvalue weighted by molar-refractivity contribution is 0.112. The lowest BCUT2D eigenvalue weighted by Gasteiger charge is -2.01. The van der Waals surface area contributed by atoms with Crippen LogP contribution in [0.2, 0.25) is 0 Å². The minimum Gasteiger partial charge on any atom is -0.463 e. The molecule has 0 aliphatic heterocycles. The quantitative estimate of drug-likeness (QED) is 0.613. The summed E-state index contributed by atoms with van der Waals surface area (Å²) in [6, 6.07) is 5.43. The van der Waals surface area contributed by atoms with Crippen LogP contribution in [0.1, 0.15) is 29.8 Å². The van der Waals surface area contributed by atoms with E-state index >= 15 is 0 Å². The van der Waals surface area contributed by atoms with Gasteiger partial charge in [-0.2, -0.15) is 0 Å². The van der Waals surface area contributed by atoms with Crippen molar-refractivity contribution >= 4 is 17.3 Å². The maximum absolute atomic E-state index is 11.8. The minimum absolute atomic E-state index is 0.0551. The highest BCUT2D eigenvalue weighted by atomic mass is 16.3. The summed E-state index contributed by atoms with van der Waals surface area (Å²) in [5.74, 6) is 0. The summed E-state index contributed by atoms with van der Waals surface area (Å²) in [5, 5.41) is 0.445. The van der Waals surface area contributed by atoms with Gasteiger partial charge in [-0.05, 0) is 38.0 Å². The first-order valence-electron chi connectivity index (χ1n) is 5.75. The summed E-state index contributed by atoms with van der Waals surface area (Å²) in [5.41, 5.74) is 2.61. The Labute approximate surface area is 105 Å². The number of carbonyl (C=O) groups excluding carboxylic acids is 1. The Morgan fingerprint density at radius 3 is 2.78 bits per heavy atom. The Kier molecular flexibility index (Phi) is 3.42. The first-order valence-corrected chi connectivity index (χ1v) is 5.75. The van der Waals surface area contributed by atoms with E-state index in [1.54, 1.807) is 6.07 Å². The molecule has 0 saturated carbocycles. The Balaban J connectivity index is 2.51. The van der Waals surface area contributed by atoms with Crippen LogP contribution in [0.4, 0.5) is 0 Å². The molecule has 0 bridgehead atoms. The van der Waals surface area contributed by atoms with E-state index in [1.165, 1.54) is 11.8 Å². The molecule has 0 saturated heterocycles. The van der Waals surface area contributed by atoms with E-state index in [9.17, 15) is 9.59 Å². The molecular formula is C15H14O3. The molecule has 0 aliphatic carbocycles. The Hall–Kier alpha value is -2.16. The molecule has 0 radical (unpaired) electrons. The average Bonchev–Trinajstić information content (AvgIpc) is 2.37. The van der Waals surface area contributed by atoms with Crippen molar-refractivity contribution in [2.45, 2.75) is 20.3 Å². The summed E-state index contributed by atoms with van der Waals surface area (Å²) in [6.45, 7) is 4.08. The highest BCUT2D eigenvalue weighted by Gasteiger charge is 2.06. The van der Waals surface area contributed by atoms with E-state index < -0.39 is 0 Å². The normalized spacial score (nSPS) is 10.3. The summed E-state index contributed by atoms with van der Waals surface area (Å²) in [7, 11) is 0. The van der Waals surface area contributed by atoms with E-state index in [2.05, 4.69) is 6.08 Å². The molecule has 0 N–H and O–H groups in total. The van der Waals surface area contributed by atoms with Gasteiger partial charge in [-0.1, -0.05) is 17.7 Å². The molecule has 1 aromatic heterocycles. The first-order chi connectivity index (χ1) is 8.61. The fourth-order valence-electron chi connectivity index (χ4n) is 1.72. The van der Waals surface area contributed by atoms with Gasteiger partial charge in [0.2, 0.25) is 5.43 Å². The molecule has 0 spiro atoms. The number of aldehydes is 1. The molecule has 0 unspecified atom stereocenters. The van der Waals surface area contributed by atoms with E-state index in [1.807, 2.05) is 26.0 Å². The van der Waals surface area contributed by atoms with Gasteiger partial charge in [0.05, 0.1) is 10.9 Å². The van der Waals surface area contributed by atoms with Crippen LogP contribution >= 0.6 is 0 Å². The van der Waals surface area contributed by atoms with Crippen LogP contribution < -0.4 is 5.43 Å². The fraction of sp³-hybridized carbons (Fsp3) is 0.200. The molecule has 0 fully saturated rings. The number of allylic oxidation sites excluding steroid dienone is 2. The SMILES string of the molecule is CC(C)=CCc1ccc2c(=O)c(C=O)coc2c1. The van der Waals surface area contributed by atoms with Crippen molar-refractivity contribution in [2.24, 2.45) is 0 Å². The van der Waals surface area contributed by atoms with Gasteiger partial charge in [0.15, 0.2) is 6.29 Å². The van der Waals surface area contributed by atoms with Crippen LogP contribution in [0, 0.1) is 0 Å². The molecule has 1 heterocycles. The van der Waals surface area contributed by atoms with Crippen LogP contribution in [-0.2, 0) is 6.42 Å². The molecule has 92 valence electrons. The topological polar surface area (TPSA) is 47.3 Å². The third-order valence-electron chi connectivity index (χ3n) is 2.74. The van der Waals surface area contributed by atoms with E-state index in [0.717, 1.165) is 12.0 Å². The molecular weight excluding hydrogens is 228 g/mol. The maximum atomic E-state index is 11.8. The third-order valence-corrected chi connectivity index (χ3v) is 2.74. The second-order valence-corrected chi connectivity index (χ2v) is 4.45. The zero-order valence-electron chi connectivity index (χ0n) is 10.4. The Morgan fingerprint density at radius 2 is 2.11 bits per heavy atom. The zero-order valence-corrected chi connectivity index (χ0v) is 10.4. The minimum atomic E-state index is -0.278. The molecule has 0 amide bonds. The van der Waals surface area contributed by atoms with Crippen molar-refractivity contribution in [1.82, 2.24) is 0 Å². The highest BCUT2D eigenvalue weighted by Crippen LogP contribution is 2.14. The predicted molar refractivity (Wildman–Crippen MR) is 71.0 cm³/mol. The van der Waals surface area contributed by atoms with Gasteiger partial charge >= 0.3 is 0 Å². The van der Waals surface area contributed by atoms with Crippen molar-refractivity contribution in [2.75, 3.05) is 0 Å². The van der Waals surface area contributed by atoms with Crippen molar-refractivity contribution in [3.05, 3.63) is 57.5 Å². The van der Waals surface area contributed by atoms with Gasteiger partial charge in [0.25, 0.3) is 0 Å². The summed E-state index contributed by atoms with van der Waals surface area (Å²) < 4.78 is 5.31. The van der Waals surface area contributed by atoms with Crippen molar-refractivity contribution in [3.8, 4) is 0 Å². The third kappa shape index (κ3) is 2.40. The predicted octanol–water partition coefficient (Wildman–Crippen LogP) is 3.11. The summed E-state index contributed by atoms with van der Waals surface area (Å²) in [6.07, 6.45) is 4.64. The van der Waals surface area contributed by atoms with Crippen LogP contribution in [0.3, 0.4) is 0 Å². The molecule has 3 nitrogen and oxygen atoms in total. The van der Waals surface area contributed by atoms with Crippen LogP contribution in [0.25, 0.3) is 11.0 Å². The first kappa shape index (κ1) is 12.3. The second-order valence-electron chi connectivity index (χ2n) is 4.45. The standard InChI is InChI=1S/C15H14O3/c1-10(2)3-4-11-5-6-13-14(7-11)18-9-12(8-16)15(13)17/h3,5-9H,4H2,1-2H3. The number of carbonyl (C=O) groups is 1. The monoisotopic (exact) mass is 242 g/mol. The zero-order chi connectivity index (χ0) is 13.1. The van der Waals surface area contributed by atoms with Crippen LogP contribution in [0.5, 0.6) is 0 Å². The van der Waals surface area contributed by atoms with E-state index in [4.69, 9.17) is 4.42 Å². The van der Waals surface area contributed by atoms with Gasteiger partial charge in [-0.3, -0.25) is 9.59 Å². The summed E-state index contributed by atoms with van der Waals surface area (Å²) in [4.78, 5) is 22.5. The number of benzene rings is 1. The lowest BCUT2D eigenvalue weighted by Crippen LogP contribution is -2.07. The summed E-state index contributed by atoms with van der Waals surface area (Å²) >= 11 is 0. The lowest BCUT2D eigenvalue weighted by atomic mass is 10.1. The Bertz CT molecular complexity index is 674. The Morgan fingerprint density at radius 1 is 1.33 bits per heavy atom. The van der Waals surface area contributed by atoms with E-state index in [0.29, 0.717) is 17.3 Å². The molecule has 18 heavy (non-hydrogen) atoms. The van der Waals surface area contributed by atoms with Gasteiger partial charge < -0.3 is 4.42 Å². The van der Waals surface area contributed by atoms with Crippen LogP contribution in [-0.4, -0.2) is 6.29 Å². The van der Waals surface area contributed by atoms with Gasteiger partial charge in [-0.25, -0.2) is 0 Å². The van der Waals surface area contributed by atoms with Crippen molar-refractivity contribution < 1.29 is 9.21 Å². The number of hydrogen-bond donors (Lipinski definition) is 0. The molecule has 0 aliphatic rings. The fourth-order valence-corrected chi connectivity index (χ4v) is 1.72. The van der Waals surface area contributed by atoms with E-state index in [-0.39, 0.29) is 11.0 Å². The second kappa shape index (κ2) is 5.00. The maximum Gasteiger partial charge on any atom is 0.203 e. The van der Waals surface area contributed by atoms with Gasteiger partial charge in [0.1, 0.15) is 11.8 Å². The van der Waals surface area contributed by atoms with Gasteiger partial charge in [0, 0.05) is 0 Å². The number of hydrogen-bond acceptors (Lipinski definition) is 3. The largest absolute Gasteiger partial charge is 0.463 e. The number of fused-ring (bicyclic) bond motifs is 1. The van der Waals surface area contributed by atoms with Gasteiger partial charge in [-0.15, -0.1) is 0 Å². The van der Waals surface area contributed by atoms with Crippen molar-refractivity contribution in [1.29, 1.82) is 0 Å².